The van der Waals surface area contributed by atoms with Crippen molar-refractivity contribution in [1.82, 2.24) is 9.62 Å². The van der Waals surface area contributed by atoms with Crippen molar-refractivity contribution in [3.63, 3.8) is 0 Å². The molecule has 0 spiro atoms. The van der Waals surface area contributed by atoms with Crippen molar-refractivity contribution in [2.45, 2.75) is 37.0 Å². The van der Waals surface area contributed by atoms with Crippen molar-refractivity contribution >= 4 is 15.9 Å². The molecule has 174 valence electrons. The highest BCUT2D eigenvalue weighted by Gasteiger charge is 2.37. The number of methoxy groups -OCH3 is 1. The number of amides is 1. The zero-order valence-corrected chi connectivity index (χ0v) is 19.8. The number of carbonyl (C=O) groups is 1. The van der Waals surface area contributed by atoms with Crippen molar-refractivity contribution in [3.05, 3.63) is 59.7 Å². The van der Waals surface area contributed by atoms with Gasteiger partial charge in [-0.3, -0.25) is 4.79 Å². The third kappa shape index (κ3) is 4.98. The van der Waals surface area contributed by atoms with Crippen molar-refractivity contribution < 1.29 is 22.7 Å². The van der Waals surface area contributed by atoms with Crippen LogP contribution in [-0.4, -0.2) is 58.6 Å². The molecule has 0 saturated carbocycles. The summed E-state index contributed by atoms with van der Waals surface area (Å²) in [6.45, 7) is 6.08. The monoisotopic (exact) mass is 460 g/mol. The quantitative estimate of drug-likeness (QED) is 0.621. The molecule has 0 aliphatic carbocycles. The molecule has 32 heavy (non-hydrogen) atoms. The van der Waals surface area contributed by atoms with Crippen LogP contribution in [-0.2, 0) is 20.2 Å². The second-order valence-corrected chi connectivity index (χ2v) is 9.83. The summed E-state index contributed by atoms with van der Waals surface area (Å²) < 4.78 is 37.9. The molecule has 1 fully saturated rings. The van der Waals surface area contributed by atoms with Crippen LogP contribution >= 0.6 is 0 Å². The number of carbonyl (C=O) groups excluding carboxylic acids is 1. The second-order valence-electron chi connectivity index (χ2n) is 7.89. The van der Waals surface area contributed by atoms with E-state index < -0.39 is 10.0 Å². The lowest BCUT2D eigenvalue weighted by Gasteiger charge is -2.38. The van der Waals surface area contributed by atoms with Gasteiger partial charge in [-0.25, -0.2) is 8.42 Å². The summed E-state index contributed by atoms with van der Waals surface area (Å²) in [5.41, 5.74) is 1.20. The van der Waals surface area contributed by atoms with E-state index in [0.29, 0.717) is 38.4 Å². The van der Waals surface area contributed by atoms with E-state index in [2.05, 4.69) is 5.32 Å². The topological polar surface area (TPSA) is 84.9 Å². The summed E-state index contributed by atoms with van der Waals surface area (Å²) in [5, 5.41) is 3.05. The lowest BCUT2D eigenvalue weighted by Crippen LogP contribution is -2.44. The Labute approximate surface area is 190 Å². The van der Waals surface area contributed by atoms with Gasteiger partial charge in [0.15, 0.2) is 0 Å². The summed E-state index contributed by atoms with van der Waals surface area (Å²) in [7, 11) is -1.90. The second kappa shape index (κ2) is 10.5. The van der Waals surface area contributed by atoms with Crippen LogP contribution in [0.1, 0.15) is 42.6 Å². The van der Waals surface area contributed by atoms with Gasteiger partial charge < -0.3 is 14.8 Å². The molecule has 2 aromatic carbocycles. The SMILES string of the molecule is CCN(CC)S(=O)(=O)c1ccc(C(=O)NCC2(c3ccccc3OC)CCOCC2)cc1. The van der Waals surface area contributed by atoms with Crippen LogP contribution in [0.2, 0.25) is 0 Å². The molecule has 0 bridgehead atoms. The molecular weight excluding hydrogens is 428 g/mol. The third-order valence-corrected chi connectivity index (χ3v) is 8.24. The molecule has 0 aromatic heterocycles. The molecule has 0 unspecified atom stereocenters. The lowest BCUT2D eigenvalue weighted by atomic mass is 9.73. The van der Waals surface area contributed by atoms with Gasteiger partial charge in [-0.1, -0.05) is 32.0 Å². The van der Waals surface area contributed by atoms with E-state index in [4.69, 9.17) is 9.47 Å². The summed E-state index contributed by atoms with van der Waals surface area (Å²) in [6, 6.07) is 14.0. The van der Waals surface area contributed by atoms with E-state index in [0.717, 1.165) is 24.2 Å². The predicted molar refractivity (Wildman–Crippen MR) is 124 cm³/mol. The number of rotatable bonds is 9. The van der Waals surface area contributed by atoms with Gasteiger partial charge in [0.25, 0.3) is 5.91 Å². The van der Waals surface area contributed by atoms with Crippen molar-refractivity contribution in [2.24, 2.45) is 0 Å². The van der Waals surface area contributed by atoms with Crippen molar-refractivity contribution in [3.8, 4) is 5.75 Å². The minimum Gasteiger partial charge on any atom is -0.496 e. The standard InChI is InChI=1S/C24H32N2O5S/c1-4-26(5-2)32(28,29)20-12-10-19(11-13-20)23(27)25-18-24(14-16-31-17-15-24)21-8-6-7-9-22(21)30-3/h6-13H,4-5,14-18H2,1-3H3,(H,25,27). The summed E-state index contributed by atoms with van der Waals surface area (Å²) in [6.07, 6.45) is 1.55. The van der Waals surface area contributed by atoms with E-state index in [1.807, 2.05) is 24.3 Å². The Morgan fingerprint density at radius 2 is 1.69 bits per heavy atom. The zero-order valence-electron chi connectivity index (χ0n) is 19.0. The molecule has 3 rings (SSSR count). The Balaban J connectivity index is 1.77. The van der Waals surface area contributed by atoms with E-state index in [1.165, 1.54) is 16.4 Å². The van der Waals surface area contributed by atoms with Gasteiger partial charge in [0.05, 0.1) is 12.0 Å². The zero-order chi connectivity index (χ0) is 23.2. The Bertz CT molecular complexity index is 1010. The maximum Gasteiger partial charge on any atom is 0.251 e. The molecule has 1 heterocycles. The average Bonchev–Trinajstić information content (AvgIpc) is 2.83. The molecule has 1 amide bonds. The molecule has 0 atom stereocenters. The highest BCUT2D eigenvalue weighted by molar-refractivity contribution is 7.89. The Morgan fingerprint density at radius 3 is 2.28 bits per heavy atom. The van der Waals surface area contributed by atoms with Crippen LogP contribution in [0.3, 0.4) is 0 Å². The number of benzene rings is 2. The van der Waals surface area contributed by atoms with Crippen LogP contribution in [0.15, 0.2) is 53.4 Å². The van der Waals surface area contributed by atoms with Crippen LogP contribution in [0, 0.1) is 0 Å². The minimum absolute atomic E-state index is 0.188. The van der Waals surface area contributed by atoms with Gasteiger partial charge in [0.1, 0.15) is 5.75 Å². The smallest absolute Gasteiger partial charge is 0.251 e. The first-order valence-electron chi connectivity index (χ1n) is 11.0. The van der Waals surface area contributed by atoms with Gasteiger partial charge in [-0.05, 0) is 43.2 Å². The number of sulfonamides is 1. The van der Waals surface area contributed by atoms with Crippen LogP contribution < -0.4 is 10.1 Å². The number of nitrogens with zero attached hydrogens (tertiary/aromatic N) is 1. The largest absolute Gasteiger partial charge is 0.496 e. The molecular formula is C24H32N2O5S. The van der Waals surface area contributed by atoms with Crippen LogP contribution in [0.25, 0.3) is 0 Å². The van der Waals surface area contributed by atoms with Gasteiger partial charge in [-0.2, -0.15) is 4.31 Å². The number of para-hydroxylation sites is 1. The molecule has 1 N–H and O–H groups in total. The Morgan fingerprint density at radius 1 is 1.06 bits per heavy atom. The van der Waals surface area contributed by atoms with Crippen molar-refractivity contribution in [1.29, 1.82) is 0 Å². The summed E-state index contributed by atoms with van der Waals surface area (Å²) >= 11 is 0. The minimum atomic E-state index is -3.55. The highest BCUT2D eigenvalue weighted by atomic mass is 32.2. The summed E-state index contributed by atoms with van der Waals surface area (Å²) in [4.78, 5) is 13.1. The maximum absolute atomic E-state index is 12.9. The molecule has 1 saturated heterocycles. The average molecular weight is 461 g/mol. The number of hydrogen-bond acceptors (Lipinski definition) is 5. The van der Waals surface area contributed by atoms with Crippen LogP contribution in [0.4, 0.5) is 0 Å². The number of hydrogen-bond donors (Lipinski definition) is 1. The lowest BCUT2D eigenvalue weighted by molar-refractivity contribution is 0.0479. The number of nitrogens with one attached hydrogen (secondary N) is 1. The van der Waals surface area contributed by atoms with E-state index in [1.54, 1.807) is 33.1 Å². The molecule has 8 heteroatoms. The van der Waals surface area contributed by atoms with Gasteiger partial charge >= 0.3 is 0 Å². The molecule has 1 aliphatic heterocycles. The van der Waals surface area contributed by atoms with Gasteiger partial charge in [0.2, 0.25) is 10.0 Å². The van der Waals surface area contributed by atoms with E-state index in [9.17, 15) is 13.2 Å². The van der Waals surface area contributed by atoms with E-state index >= 15 is 0 Å². The third-order valence-electron chi connectivity index (χ3n) is 6.18. The Hall–Kier alpha value is -2.42. The molecule has 0 radical (unpaired) electrons. The maximum atomic E-state index is 12.9. The molecule has 2 aromatic rings. The normalized spacial score (nSPS) is 16.0. The van der Waals surface area contributed by atoms with E-state index in [-0.39, 0.29) is 16.2 Å². The predicted octanol–water partition coefficient (Wildman–Crippen LogP) is 3.20. The fourth-order valence-electron chi connectivity index (χ4n) is 4.23. The molecule has 7 nitrogen and oxygen atoms in total. The highest BCUT2D eigenvalue weighted by Crippen LogP contribution is 2.39. The first-order chi connectivity index (χ1) is 15.4. The number of ether oxygens (including phenoxy) is 2. The van der Waals surface area contributed by atoms with Gasteiger partial charge in [0, 0.05) is 49.4 Å². The fraction of sp³-hybridized carbons (Fsp3) is 0.458. The first-order valence-corrected chi connectivity index (χ1v) is 12.4. The molecule has 1 aliphatic rings. The Kier molecular flexibility index (Phi) is 7.92. The van der Waals surface area contributed by atoms with Crippen molar-refractivity contribution in [2.75, 3.05) is 40.0 Å². The summed E-state index contributed by atoms with van der Waals surface area (Å²) in [5.74, 6) is 0.562. The van der Waals surface area contributed by atoms with Crippen LogP contribution in [0.5, 0.6) is 5.75 Å². The first kappa shape index (κ1) is 24.2. The van der Waals surface area contributed by atoms with Gasteiger partial charge in [-0.15, -0.1) is 0 Å². The fourth-order valence-corrected chi connectivity index (χ4v) is 5.69.